The lowest BCUT2D eigenvalue weighted by Crippen LogP contribution is -2.14. The number of hydrogen-bond donors (Lipinski definition) is 3. The van der Waals surface area contributed by atoms with Crippen molar-refractivity contribution in [2.75, 3.05) is 5.32 Å². The Kier molecular flexibility index (Phi) is 3.38. The first-order valence-electron chi connectivity index (χ1n) is 5.30. The Morgan fingerprint density at radius 1 is 1.17 bits per heavy atom. The zero-order valence-electron chi connectivity index (χ0n) is 9.50. The standard InChI is InChI=1S/C12H12N4O2/c13-12(18)10-5-6-11(16-15-10)14-7-8-1-3-9(17)4-2-8/h1-6,17H,7H2,(H2,13,18)(H,14,16). The quantitative estimate of drug-likeness (QED) is 0.741. The van der Waals surface area contributed by atoms with Crippen molar-refractivity contribution in [1.82, 2.24) is 10.2 Å². The molecule has 2 rings (SSSR count). The van der Waals surface area contributed by atoms with Gasteiger partial charge in [0.25, 0.3) is 5.91 Å². The third-order valence-electron chi connectivity index (χ3n) is 2.33. The van der Waals surface area contributed by atoms with E-state index in [2.05, 4.69) is 15.5 Å². The summed E-state index contributed by atoms with van der Waals surface area (Å²) in [6, 6.07) is 9.96. The average Bonchev–Trinajstić information content (AvgIpc) is 2.38. The maximum absolute atomic E-state index is 10.8. The first kappa shape index (κ1) is 11.8. The SMILES string of the molecule is NC(=O)c1ccc(NCc2ccc(O)cc2)nn1. The summed E-state index contributed by atoms with van der Waals surface area (Å²) in [4.78, 5) is 10.8. The number of nitrogens with two attached hydrogens (primary N) is 1. The minimum Gasteiger partial charge on any atom is -0.508 e. The fourth-order valence-electron chi connectivity index (χ4n) is 1.36. The van der Waals surface area contributed by atoms with Crippen LogP contribution in [0.1, 0.15) is 16.1 Å². The number of nitrogens with zero attached hydrogens (tertiary/aromatic N) is 2. The van der Waals surface area contributed by atoms with Crippen LogP contribution in [-0.2, 0) is 6.54 Å². The van der Waals surface area contributed by atoms with Gasteiger partial charge in [0.05, 0.1) is 0 Å². The lowest BCUT2D eigenvalue weighted by molar-refractivity contribution is 0.0994. The lowest BCUT2D eigenvalue weighted by Gasteiger charge is -2.05. The lowest BCUT2D eigenvalue weighted by atomic mass is 10.2. The van der Waals surface area contributed by atoms with Gasteiger partial charge in [-0.25, -0.2) is 0 Å². The van der Waals surface area contributed by atoms with Crippen LogP contribution in [0.25, 0.3) is 0 Å². The molecule has 1 aromatic heterocycles. The van der Waals surface area contributed by atoms with Crippen molar-refractivity contribution in [2.24, 2.45) is 5.73 Å². The van der Waals surface area contributed by atoms with Gasteiger partial charge in [-0.2, -0.15) is 0 Å². The molecule has 0 saturated heterocycles. The normalized spacial score (nSPS) is 10.0. The highest BCUT2D eigenvalue weighted by molar-refractivity contribution is 5.90. The van der Waals surface area contributed by atoms with E-state index in [-0.39, 0.29) is 11.4 Å². The van der Waals surface area contributed by atoms with Crippen molar-refractivity contribution < 1.29 is 9.90 Å². The number of carbonyl (C=O) groups is 1. The van der Waals surface area contributed by atoms with Gasteiger partial charge in [0.15, 0.2) is 5.69 Å². The summed E-state index contributed by atoms with van der Waals surface area (Å²) in [7, 11) is 0. The van der Waals surface area contributed by atoms with Crippen LogP contribution in [0, 0.1) is 0 Å². The molecule has 18 heavy (non-hydrogen) atoms. The first-order valence-corrected chi connectivity index (χ1v) is 5.30. The van der Waals surface area contributed by atoms with Gasteiger partial charge < -0.3 is 16.2 Å². The molecule has 0 saturated carbocycles. The minimum absolute atomic E-state index is 0.130. The molecular weight excluding hydrogens is 232 g/mol. The summed E-state index contributed by atoms with van der Waals surface area (Å²) in [6.07, 6.45) is 0. The van der Waals surface area contributed by atoms with Gasteiger partial charge in [-0.05, 0) is 29.8 Å². The molecule has 92 valence electrons. The summed E-state index contributed by atoms with van der Waals surface area (Å²) in [5.74, 6) is 0.171. The van der Waals surface area contributed by atoms with Gasteiger partial charge in [-0.15, -0.1) is 10.2 Å². The van der Waals surface area contributed by atoms with E-state index >= 15 is 0 Å². The van der Waals surface area contributed by atoms with Crippen LogP contribution in [0.2, 0.25) is 0 Å². The van der Waals surface area contributed by atoms with Gasteiger partial charge in [0.2, 0.25) is 0 Å². The molecule has 0 radical (unpaired) electrons. The Bertz CT molecular complexity index is 537. The largest absolute Gasteiger partial charge is 0.508 e. The highest BCUT2D eigenvalue weighted by Gasteiger charge is 2.02. The van der Waals surface area contributed by atoms with Crippen LogP contribution in [-0.4, -0.2) is 21.2 Å². The number of phenols is 1. The Morgan fingerprint density at radius 2 is 1.89 bits per heavy atom. The molecule has 2 aromatic rings. The molecule has 0 aliphatic rings. The van der Waals surface area contributed by atoms with Gasteiger partial charge in [-0.3, -0.25) is 4.79 Å². The number of aromatic nitrogens is 2. The van der Waals surface area contributed by atoms with Gasteiger partial charge in [0.1, 0.15) is 11.6 Å². The minimum atomic E-state index is -0.604. The third-order valence-corrected chi connectivity index (χ3v) is 2.33. The van der Waals surface area contributed by atoms with Gasteiger partial charge in [-0.1, -0.05) is 12.1 Å². The number of aromatic hydroxyl groups is 1. The zero-order valence-corrected chi connectivity index (χ0v) is 9.50. The number of amides is 1. The zero-order chi connectivity index (χ0) is 13.0. The highest BCUT2D eigenvalue weighted by Crippen LogP contribution is 2.11. The van der Waals surface area contributed by atoms with Crippen molar-refractivity contribution in [2.45, 2.75) is 6.54 Å². The first-order chi connectivity index (χ1) is 8.65. The molecule has 4 N–H and O–H groups in total. The van der Waals surface area contributed by atoms with E-state index in [0.717, 1.165) is 5.56 Å². The van der Waals surface area contributed by atoms with Crippen LogP contribution in [0.15, 0.2) is 36.4 Å². The Balaban J connectivity index is 1.97. The topological polar surface area (TPSA) is 101 Å². The molecule has 6 heteroatoms. The van der Waals surface area contributed by atoms with Crippen molar-refractivity contribution in [3.8, 4) is 5.75 Å². The smallest absolute Gasteiger partial charge is 0.269 e. The number of carbonyl (C=O) groups excluding carboxylic acids is 1. The number of hydrogen-bond acceptors (Lipinski definition) is 5. The predicted molar refractivity (Wildman–Crippen MR) is 66.0 cm³/mol. The van der Waals surface area contributed by atoms with Crippen LogP contribution in [0.4, 0.5) is 5.82 Å². The highest BCUT2D eigenvalue weighted by atomic mass is 16.3. The monoisotopic (exact) mass is 244 g/mol. The van der Waals surface area contributed by atoms with Crippen LogP contribution >= 0.6 is 0 Å². The van der Waals surface area contributed by atoms with Gasteiger partial charge in [0, 0.05) is 6.54 Å². The molecule has 0 aliphatic carbocycles. The van der Waals surface area contributed by atoms with E-state index in [9.17, 15) is 4.79 Å². The molecule has 0 fully saturated rings. The van der Waals surface area contributed by atoms with E-state index in [1.165, 1.54) is 6.07 Å². The molecule has 0 unspecified atom stereocenters. The third kappa shape index (κ3) is 2.94. The second kappa shape index (κ2) is 5.13. The van der Waals surface area contributed by atoms with Crippen LogP contribution < -0.4 is 11.1 Å². The second-order valence-corrected chi connectivity index (χ2v) is 3.69. The summed E-state index contributed by atoms with van der Waals surface area (Å²) >= 11 is 0. The number of nitrogens with one attached hydrogen (secondary N) is 1. The van der Waals surface area contributed by atoms with E-state index in [0.29, 0.717) is 12.4 Å². The van der Waals surface area contributed by atoms with Gasteiger partial charge >= 0.3 is 0 Å². The molecule has 0 atom stereocenters. The summed E-state index contributed by atoms with van der Waals surface area (Å²) < 4.78 is 0. The number of rotatable bonds is 4. The van der Waals surface area contributed by atoms with Crippen molar-refractivity contribution >= 4 is 11.7 Å². The maximum atomic E-state index is 10.8. The number of phenolic OH excluding ortho intramolecular Hbond substituents is 1. The fourth-order valence-corrected chi connectivity index (χ4v) is 1.36. The molecular formula is C12H12N4O2. The van der Waals surface area contributed by atoms with Crippen molar-refractivity contribution in [3.63, 3.8) is 0 Å². The summed E-state index contributed by atoms with van der Waals surface area (Å²) in [6.45, 7) is 0.547. The molecule has 1 amide bonds. The summed E-state index contributed by atoms with van der Waals surface area (Å²) in [5.41, 5.74) is 6.18. The van der Waals surface area contributed by atoms with E-state index < -0.39 is 5.91 Å². The molecule has 0 spiro atoms. The summed E-state index contributed by atoms with van der Waals surface area (Å²) in [5, 5.41) is 19.7. The predicted octanol–water partition coefficient (Wildman–Crippen LogP) is 0.893. The Morgan fingerprint density at radius 3 is 2.44 bits per heavy atom. The van der Waals surface area contributed by atoms with E-state index in [4.69, 9.17) is 10.8 Å². The fraction of sp³-hybridized carbons (Fsp3) is 0.0833. The second-order valence-electron chi connectivity index (χ2n) is 3.69. The molecule has 0 aliphatic heterocycles. The Hall–Kier alpha value is -2.63. The molecule has 0 bridgehead atoms. The number of anilines is 1. The van der Waals surface area contributed by atoms with Crippen molar-refractivity contribution in [3.05, 3.63) is 47.7 Å². The maximum Gasteiger partial charge on any atom is 0.269 e. The molecule has 1 aromatic carbocycles. The van der Waals surface area contributed by atoms with Crippen LogP contribution in [0.3, 0.4) is 0 Å². The van der Waals surface area contributed by atoms with Crippen molar-refractivity contribution in [1.29, 1.82) is 0 Å². The number of primary amides is 1. The molecule has 6 nitrogen and oxygen atoms in total. The van der Waals surface area contributed by atoms with E-state index in [1.54, 1.807) is 30.3 Å². The molecule has 1 heterocycles. The average molecular weight is 244 g/mol. The Labute approximate surface area is 103 Å². The van der Waals surface area contributed by atoms with Crippen LogP contribution in [0.5, 0.6) is 5.75 Å². The van der Waals surface area contributed by atoms with E-state index in [1.807, 2.05) is 0 Å². The number of benzene rings is 1.